The zero-order valence-corrected chi connectivity index (χ0v) is 11.4. The van der Waals surface area contributed by atoms with Crippen LogP contribution in [0.5, 0.6) is 0 Å². The molecule has 1 aliphatic heterocycles. The Bertz CT molecular complexity index is 266. The van der Waals surface area contributed by atoms with Gasteiger partial charge in [0.2, 0.25) is 5.91 Å². The minimum atomic E-state index is -0.128. The second-order valence-corrected chi connectivity index (χ2v) is 6.59. The Morgan fingerprint density at radius 3 is 2.25 bits per heavy atom. The van der Waals surface area contributed by atoms with E-state index in [2.05, 4.69) is 46.5 Å². The third-order valence-corrected chi connectivity index (χ3v) is 3.10. The second kappa shape index (κ2) is 4.19. The van der Waals surface area contributed by atoms with Gasteiger partial charge in [0.05, 0.1) is 19.0 Å². The van der Waals surface area contributed by atoms with Gasteiger partial charge in [-0.25, -0.2) is 0 Å². The molecule has 1 heterocycles. The van der Waals surface area contributed by atoms with E-state index in [4.69, 9.17) is 0 Å². The van der Waals surface area contributed by atoms with Crippen molar-refractivity contribution in [3.63, 3.8) is 0 Å². The molecule has 0 spiro atoms. The van der Waals surface area contributed by atoms with Crippen molar-refractivity contribution in [3.8, 4) is 0 Å². The average molecular weight is 224 g/mol. The monoisotopic (exact) mass is 224 g/mol. The van der Waals surface area contributed by atoms with Gasteiger partial charge in [0.25, 0.3) is 0 Å². The Morgan fingerprint density at radius 1 is 1.25 bits per heavy atom. The molecular weight excluding hydrogens is 200 g/mol. The molecule has 1 atom stereocenters. The highest BCUT2D eigenvalue weighted by atomic mass is 16.2. The lowest BCUT2D eigenvalue weighted by Gasteiger charge is -2.39. The topological polar surface area (TPSA) is 32.7 Å². The summed E-state index contributed by atoms with van der Waals surface area (Å²) in [5.74, 6) is 0.225. The Hall–Kier alpha value is -0.860. The third-order valence-electron chi connectivity index (χ3n) is 3.10. The third kappa shape index (κ3) is 2.83. The molecular formula is C13H24N2O. The molecule has 0 saturated heterocycles. The van der Waals surface area contributed by atoms with Gasteiger partial charge in [-0.05, 0) is 26.2 Å². The largest absolute Gasteiger partial charge is 0.332 e. The van der Waals surface area contributed by atoms with E-state index in [1.54, 1.807) is 0 Å². The van der Waals surface area contributed by atoms with Crippen LogP contribution in [0.2, 0.25) is 0 Å². The number of carbonyl (C=O) groups is 1. The van der Waals surface area contributed by atoms with E-state index < -0.39 is 0 Å². The minimum Gasteiger partial charge on any atom is -0.332 e. The summed E-state index contributed by atoms with van der Waals surface area (Å²) in [6.07, 6.45) is 1.87. The molecule has 0 fully saturated rings. The highest BCUT2D eigenvalue weighted by molar-refractivity contribution is 5.84. The molecule has 0 aromatic rings. The number of amides is 1. The van der Waals surface area contributed by atoms with Gasteiger partial charge in [0.15, 0.2) is 0 Å². The normalized spacial score (nSPS) is 23.5. The summed E-state index contributed by atoms with van der Waals surface area (Å²) in [5.41, 5.74) is -0.154. The predicted molar refractivity (Wildman–Crippen MR) is 67.8 cm³/mol. The number of aliphatic imine (C=N–C) groups is 1. The predicted octanol–water partition coefficient (Wildman–Crippen LogP) is 2.36. The maximum atomic E-state index is 12.5. The average Bonchev–Trinajstić information content (AvgIpc) is 2.23. The SMILES string of the molecule is CC(C)(C)C1CN=CCN(C(C)(C)C)C1=O. The standard InChI is InChI=1S/C13H24N2O/c1-12(2,3)10-9-14-7-8-15(11(10)16)13(4,5)6/h7,10H,8-9H2,1-6H3. The zero-order valence-electron chi connectivity index (χ0n) is 11.4. The molecule has 3 heteroatoms. The Labute approximate surface area is 98.9 Å². The molecule has 0 bridgehead atoms. The van der Waals surface area contributed by atoms with E-state index >= 15 is 0 Å². The number of hydrogen-bond donors (Lipinski definition) is 0. The summed E-state index contributed by atoms with van der Waals surface area (Å²) in [6.45, 7) is 13.8. The summed E-state index contributed by atoms with van der Waals surface area (Å²) in [4.78, 5) is 18.8. The summed E-state index contributed by atoms with van der Waals surface area (Å²) in [6, 6.07) is 0. The number of carbonyl (C=O) groups excluding carboxylic acids is 1. The van der Waals surface area contributed by atoms with E-state index in [1.807, 2.05) is 11.1 Å². The fourth-order valence-corrected chi connectivity index (χ4v) is 1.92. The summed E-state index contributed by atoms with van der Waals surface area (Å²) in [7, 11) is 0. The Balaban J connectivity index is 3.00. The van der Waals surface area contributed by atoms with E-state index in [0.29, 0.717) is 13.1 Å². The van der Waals surface area contributed by atoms with Crippen LogP contribution in [0.3, 0.4) is 0 Å². The number of nitrogens with zero attached hydrogens (tertiary/aromatic N) is 2. The first-order valence-electron chi connectivity index (χ1n) is 5.94. The van der Waals surface area contributed by atoms with E-state index in [9.17, 15) is 4.79 Å². The van der Waals surface area contributed by atoms with Crippen molar-refractivity contribution in [1.82, 2.24) is 4.90 Å². The number of hydrogen-bond acceptors (Lipinski definition) is 2. The van der Waals surface area contributed by atoms with Crippen LogP contribution in [0.4, 0.5) is 0 Å². The van der Waals surface area contributed by atoms with Crippen LogP contribution >= 0.6 is 0 Å². The molecule has 0 saturated carbocycles. The van der Waals surface area contributed by atoms with Crippen molar-refractivity contribution in [2.24, 2.45) is 16.3 Å². The van der Waals surface area contributed by atoms with Gasteiger partial charge in [-0.2, -0.15) is 0 Å². The molecule has 0 aliphatic carbocycles. The van der Waals surface area contributed by atoms with Crippen LogP contribution in [0, 0.1) is 11.3 Å². The zero-order chi connectivity index (χ0) is 12.6. The highest BCUT2D eigenvalue weighted by Gasteiger charge is 2.38. The molecule has 16 heavy (non-hydrogen) atoms. The Morgan fingerprint density at radius 2 is 1.81 bits per heavy atom. The van der Waals surface area contributed by atoms with Crippen LogP contribution in [0.15, 0.2) is 4.99 Å². The first kappa shape index (κ1) is 13.2. The molecule has 92 valence electrons. The first-order valence-corrected chi connectivity index (χ1v) is 5.94. The maximum absolute atomic E-state index is 12.5. The summed E-state index contributed by atoms with van der Waals surface area (Å²) < 4.78 is 0. The molecule has 1 rings (SSSR count). The van der Waals surface area contributed by atoms with Crippen LogP contribution in [0.25, 0.3) is 0 Å². The second-order valence-electron chi connectivity index (χ2n) is 6.59. The smallest absolute Gasteiger partial charge is 0.228 e. The van der Waals surface area contributed by atoms with Crippen molar-refractivity contribution in [2.75, 3.05) is 13.1 Å². The van der Waals surface area contributed by atoms with Gasteiger partial charge < -0.3 is 4.90 Å². The molecule has 1 amide bonds. The lowest BCUT2D eigenvalue weighted by atomic mass is 9.79. The van der Waals surface area contributed by atoms with E-state index in [-0.39, 0.29) is 22.8 Å². The molecule has 0 aromatic carbocycles. The molecule has 3 nitrogen and oxygen atoms in total. The van der Waals surface area contributed by atoms with Crippen molar-refractivity contribution >= 4 is 12.1 Å². The van der Waals surface area contributed by atoms with Crippen molar-refractivity contribution in [2.45, 2.75) is 47.1 Å². The maximum Gasteiger partial charge on any atom is 0.228 e. The summed E-state index contributed by atoms with van der Waals surface area (Å²) in [5, 5.41) is 0. The fourth-order valence-electron chi connectivity index (χ4n) is 1.92. The van der Waals surface area contributed by atoms with Crippen molar-refractivity contribution < 1.29 is 4.79 Å². The van der Waals surface area contributed by atoms with Crippen LogP contribution in [-0.2, 0) is 4.79 Å². The van der Waals surface area contributed by atoms with Crippen molar-refractivity contribution in [3.05, 3.63) is 0 Å². The summed E-state index contributed by atoms with van der Waals surface area (Å²) >= 11 is 0. The van der Waals surface area contributed by atoms with E-state index in [0.717, 1.165) is 0 Å². The molecule has 0 radical (unpaired) electrons. The van der Waals surface area contributed by atoms with Crippen LogP contribution in [-0.4, -0.2) is 35.7 Å². The van der Waals surface area contributed by atoms with E-state index in [1.165, 1.54) is 0 Å². The lowest BCUT2D eigenvalue weighted by molar-refractivity contribution is -0.142. The molecule has 1 aliphatic rings. The van der Waals surface area contributed by atoms with Gasteiger partial charge >= 0.3 is 0 Å². The highest BCUT2D eigenvalue weighted by Crippen LogP contribution is 2.31. The molecule has 0 aromatic heterocycles. The Kier molecular flexibility index (Phi) is 3.46. The minimum absolute atomic E-state index is 0.00882. The molecule has 0 N–H and O–H groups in total. The van der Waals surface area contributed by atoms with Gasteiger partial charge in [0.1, 0.15) is 0 Å². The lowest BCUT2D eigenvalue weighted by Crippen LogP contribution is -2.50. The van der Waals surface area contributed by atoms with Gasteiger partial charge in [-0.3, -0.25) is 9.79 Å². The van der Waals surface area contributed by atoms with Crippen molar-refractivity contribution in [1.29, 1.82) is 0 Å². The molecule has 1 unspecified atom stereocenters. The van der Waals surface area contributed by atoms with Gasteiger partial charge in [-0.15, -0.1) is 0 Å². The quantitative estimate of drug-likeness (QED) is 0.621. The van der Waals surface area contributed by atoms with Crippen LogP contribution in [0.1, 0.15) is 41.5 Å². The van der Waals surface area contributed by atoms with Gasteiger partial charge in [-0.1, -0.05) is 20.8 Å². The fraction of sp³-hybridized carbons (Fsp3) is 0.846. The van der Waals surface area contributed by atoms with Crippen LogP contribution < -0.4 is 0 Å². The van der Waals surface area contributed by atoms with Gasteiger partial charge in [0, 0.05) is 11.8 Å². The first-order chi connectivity index (χ1) is 7.14. The number of rotatable bonds is 0.